The number of piperidine rings is 1. The Morgan fingerprint density at radius 1 is 1.20 bits per heavy atom. The van der Waals surface area contributed by atoms with Crippen molar-refractivity contribution < 1.29 is 13.2 Å². The van der Waals surface area contributed by atoms with Crippen molar-refractivity contribution in [2.75, 3.05) is 18.8 Å². The van der Waals surface area contributed by atoms with Crippen LogP contribution in [0, 0.1) is 6.92 Å². The molecule has 0 N–H and O–H groups in total. The van der Waals surface area contributed by atoms with Crippen molar-refractivity contribution in [3.63, 3.8) is 0 Å². The molecule has 0 aliphatic carbocycles. The number of hydrogen-bond acceptors (Lipinski definition) is 3. The van der Waals surface area contributed by atoms with Crippen LogP contribution < -0.4 is 4.74 Å². The third kappa shape index (κ3) is 3.96. The summed E-state index contributed by atoms with van der Waals surface area (Å²) in [7, 11) is -3.06. The maximum atomic E-state index is 12.0. The van der Waals surface area contributed by atoms with E-state index in [1.165, 1.54) is 5.56 Å². The molecular weight excluding hydrogens is 274 g/mol. The zero-order valence-electron chi connectivity index (χ0n) is 12.2. The fourth-order valence-corrected chi connectivity index (χ4v) is 3.97. The fourth-order valence-electron chi connectivity index (χ4n) is 2.42. The van der Waals surface area contributed by atoms with Crippen molar-refractivity contribution in [2.45, 2.75) is 39.2 Å². The highest BCUT2D eigenvalue weighted by atomic mass is 32.2. The molecule has 2 rings (SSSR count). The number of hydrogen-bond donors (Lipinski definition) is 0. The fraction of sp³-hybridized carbons (Fsp3) is 0.600. The molecule has 1 heterocycles. The van der Waals surface area contributed by atoms with E-state index in [0.29, 0.717) is 19.5 Å². The van der Waals surface area contributed by atoms with Crippen LogP contribution in [0.1, 0.15) is 31.7 Å². The van der Waals surface area contributed by atoms with Crippen molar-refractivity contribution in [3.05, 3.63) is 29.8 Å². The van der Waals surface area contributed by atoms with Crippen LogP contribution in [-0.4, -0.2) is 37.7 Å². The molecule has 0 bridgehead atoms. The van der Waals surface area contributed by atoms with Crippen molar-refractivity contribution in [1.29, 1.82) is 0 Å². The first-order chi connectivity index (χ1) is 9.51. The molecule has 4 nitrogen and oxygen atoms in total. The number of rotatable bonds is 5. The Balaban J connectivity index is 1.87. The molecule has 1 aliphatic heterocycles. The van der Waals surface area contributed by atoms with E-state index >= 15 is 0 Å². The van der Waals surface area contributed by atoms with Gasteiger partial charge in [-0.25, -0.2) is 12.7 Å². The van der Waals surface area contributed by atoms with Gasteiger partial charge >= 0.3 is 0 Å². The van der Waals surface area contributed by atoms with E-state index in [-0.39, 0.29) is 11.9 Å². The molecule has 0 saturated carbocycles. The summed E-state index contributed by atoms with van der Waals surface area (Å²) in [6.07, 6.45) is 2.31. The van der Waals surface area contributed by atoms with Gasteiger partial charge in [-0.3, -0.25) is 0 Å². The van der Waals surface area contributed by atoms with Crippen molar-refractivity contribution in [1.82, 2.24) is 4.31 Å². The van der Waals surface area contributed by atoms with Crippen molar-refractivity contribution in [3.8, 4) is 5.75 Å². The molecule has 0 spiro atoms. The van der Waals surface area contributed by atoms with Gasteiger partial charge in [-0.2, -0.15) is 0 Å². The monoisotopic (exact) mass is 297 g/mol. The Labute approximate surface area is 121 Å². The van der Waals surface area contributed by atoms with Gasteiger partial charge in [0.05, 0.1) is 5.75 Å². The van der Waals surface area contributed by atoms with Gasteiger partial charge in [0.25, 0.3) is 0 Å². The SMILES string of the molecule is CCCS(=O)(=O)N1CCC(Oc2ccc(C)cc2)CC1. The smallest absolute Gasteiger partial charge is 0.214 e. The molecule has 1 fully saturated rings. The zero-order chi connectivity index (χ0) is 14.6. The highest BCUT2D eigenvalue weighted by Gasteiger charge is 2.28. The summed E-state index contributed by atoms with van der Waals surface area (Å²) in [6, 6.07) is 7.98. The number of ether oxygens (including phenoxy) is 1. The molecule has 1 aromatic rings. The second-order valence-electron chi connectivity index (χ2n) is 5.35. The lowest BCUT2D eigenvalue weighted by molar-refractivity contribution is 0.135. The van der Waals surface area contributed by atoms with Crippen LogP contribution in [0.5, 0.6) is 5.75 Å². The molecule has 20 heavy (non-hydrogen) atoms. The van der Waals surface area contributed by atoms with Crippen LogP contribution in [-0.2, 0) is 10.0 Å². The minimum absolute atomic E-state index is 0.116. The summed E-state index contributed by atoms with van der Waals surface area (Å²) < 4.78 is 31.5. The lowest BCUT2D eigenvalue weighted by Gasteiger charge is -2.31. The molecule has 0 atom stereocenters. The second-order valence-corrected chi connectivity index (χ2v) is 7.43. The highest BCUT2D eigenvalue weighted by molar-refractivity contribution is 7.89. The molecule has 0 unspecified atom stereocenters. The summed E-state index contributed by atoms with van der Waals surface area (Å²) in [5.41, 5.74) is 1.21. The van der Waals surface area contributed by atoms with E-state index in [1.54, 1.807) is 4.31 Å². The van der Waals surface area contributed by atoms with Gasteiger partial charge < -0.3 is 4.74 Å². The summed E-state index contributed by atoms with van der Waals surface area (Å²) in [5.74, 6) is 1.11. The van der Waals surface area contributed by atoms with Crippen LogP contribution in [0.3, 0.4) is 0 Å². The molecule has 1 saturated heterocycles. The second kappa shape index (κ2) is 6.59. The van der Waals surface area contributed by atoms with E-state index in [9.17, 15) is 8.42 Å². The molecule has 0 amide bonds. The van der Waals surface area contributed by atoms with E-state index in [4.69, 9.17) is 4.74 Å². The highest BCUT2D eigenvalue weighted by Crippen LogP contribution is 2.21. The maximum Gasteiger partial charge on any atom is 0.214 e. The topological polar surface area (TPSA) is 46.6 Å². The van der Waals surface area contributed by atoms with Gasteiger partial charge in [0.1, 0.15) is 11.9 Å². The predicted octanol–water partition coefficient (Wildman–Crippen LogP) is 2.58. The van der Waals surface area contributed by atoms with Crippen LogP contribution in [0.15, 0.2) is 24.3 Å². The number of sulfonamides is 1. The van der Waals surface area contributed by atoms with Gasteiger partial charge in [0.2, 0.25) is 10.0 Å². The first-order valence-corrected chi connectivity index (χ1v) is 8.83. The molecule has 112 valence electrons. The first kappa shape index (κ1) is 15.3. The molecule has 1 aliphatic rings. The lowest BCUT2D eigenvalue weighted by atomic mass is 10.1. The third-order valence-electron chi connectivity index (χ3n) is 3.58. The van der Waals surface area contributed by atoms with E-state index in [1.807, 2.05) is 38.1 Å². The van der Waals surface area contributed by atoms with E-state index in [2.05, 4.69) is 0 Å². The predicted molar refractivity (Wildman–Crippen MR) is 80.5 cm³/mol. The maximum absolute atomic E-state index is 12.0. The standard InChI is InChI=1S/C15H23NO3S/c1-3-12-20(17,18)16-10-8-15(9-11-16)19-14-6-4-13(2)5-7-14/h4-7,15H,3,8-12H2,1-2H3. The molecule has 1 aromatic carbocycles. The summed E-state index contributed by atoms with van der Waals surface area (Å²) >= 11 is 0. The molecule has 0 aromatic heterocycles. The van der Waals surface area contributed by atoms with Crippen LogP contribution in [0.4, 0.5) is 0 Å². The van der Waals surface area contributed by atoms with E-state index < -0.39 is 10.0 Å². The normalized spacial score (nSPS) is 18.1. The summed E-state index contributed by atoms with van der Waals surface area (Å²) in [4.78, 5) is 0. The number of nitrogens with zero attached hydrogens (tertiary/aromatic N) is 1. The Kier molecular flexibility index (Phi) is 5.05. The van der Waals surface area contributed by atoms with Gasteiger partial charge in [-0.15, -0.1) is 0 Å². The third-order valence-corrected chi connectivity index (χ3v) is 5.66. The summed E-state index contributed by atoms with van der Waals surface area (Å²) in [5, 5.41) is 0. The number of aryl methyl sites for hydroxylation is 1. The minimum Gasteiger partial charge on any atom is -0.490 e. The summed E-state index contributed by atoms with van der Waals surface area (Å²) in [6.45, 7) is 5.07. The molecule has 0 radical (unpaired) electrons. The van der Waals surface area contributed by atoms with Gasteiger partial charge in [-0.05, 0) is 38.3 Å². The Morgan fingerprint density at radius 3 is 2.35 bits per heavy atom. The van der Waals surface area contributed by atoms with Crippen molar-refractivity contribution >= 4 is 10.0 Å². The van der Waals surface area contributed by atoms with Gasteiger partial charge in [-0.1, -0.05) is 24.6 Å². The largest absolute Gasteiger partial charge is 0.490 e. The zero-order valence-corrected chi connectivity index (χ0v) is 13.0. The Morgan fingerprint density at radius 2 is 1.80 bits per heavy atom. The van der Waals surface area contributed by atoms with Crippen molar-refractivity contribution in [2.24, 2.45) is 0 Å². The van der Waals surface area contributed by atoms with Crippen LogP contribution in [0.25, 0.3) is 0 Å². The first-order valence-electron chi connectivity index (χ1n) is 7.22. The average Bonchev–Trinajstić information content (AvgIpc) is 2.42. The van der Waals surface area contributed by atoms with E-state index in [0.717, 1.165) is 18.6 Å². The average molecular weight is 297 g/mol. The Bertz CT molecular complexity index is 517. The molecule has 5 heteroatoms. The quantitative estimate of drug-likeness (QED) is 0.839. The van der Waals surface area contributed by atoms with Gasteiger partial charge in [0, 0.05) is 13.1 Å². The lowest BCUT2D eigenvalue weighted by Crippen LogP contribution is -2.42. The van der Waals surface area contributed by atoms with Crippen LogP contribution >= 0.6 is 0 Å². The minimum atomic E-state index is -3.06. The number of benzene rings is 1. The molecular formula is C15H23NO3S. The Hall–Kier alpha value is -1.07. The van der Waals surface area contributed by atoms with Crippen LogP contribution in [0.2, 0.25) is 0 Å². The van der Waals surface area contributed by atoms with Gasteiger partial charge in [0.15, 0.2) is 0 Å².